The van der Waals surface area contributed by atoms with Crippen LogP contribution in [0.5, 0.6) is 0 Å². The second kappa shape index (κ2) is 15.6. The third kappa shape index (κ3) is 5.86. The predicted octanol–water partition coefficient (Wildman–Crippen LogP) is 17.6. The quantitative estimate of drug-likeness (QED) is 0.155. The zero-order valence-electron chi connectivity index (χ0n) is 37.8. The van der Waals surface area contributed by atoms with Gasteiger partial charge in [0.1, 0.15) is 0 Å². The Labute approximate surface area is 402 Å². The molecule has 1 aliphatic carbocycles. The molecule has 0 saturated carbocycles. The maximum absolute atomic E-state index is 2.52. The average molecular weight is 877 g/mol. The normalized spacial score (nSPS) is 14.1. The van der Waals surface area contributed by atoms with E-state index in [9.17, 15) is 0 Å². The molecule has 14 rings (SSSR count). The van der Waals surface area contributed by atoms with Gasteiger partial charge in [0.15, 0.2) is 0 Å². The smallest absolute Gasteiger partial charge is 0.0754 e. The van der Waals surface area contributed by atoms with E-state index in [2.05, 4.69) is 276 Å². The second-order valence-electron chi connectivity index (χ2n) is 18.4. The fourth-order valence-corrected chi connectivity index (χ4v) is 11.9. The minimum Gasteiger partial charge on any atom is -0.309 e. The number of anilines is 3. The van der Waals surface area contributed by atoms with Gasteiger partial charge >= 0.3 is 0 Å². The molecule has 0 saturated heterocycles. The summed E-state index contributed by atoms with van der Waals surface area (Å²) in [7, 11) is 0. The lowest BCUT2D eigenvalue weighted by atomic mass is 9.65. The highest BCUT2D eigenvalue weighted by Gasteiger charge is 2.50. The number of hydrogen-bond acceptors (Lipinski definition) is 1. The first-order chi connectivity index (χ1) is 34.3. The maximum atomic E-state index is 2.52. The molecule has 0 bridgehead atoms. The minimum atomic E-state index is -0.532. The number of hydrogen-bond donors (Lipinski definition) is 0. The van der Waals surface area contributed by atoms with Crippen molar-refractivity contribution >= 4 is 38.9 Å². The van der Waals surface area contributed by atoms with E-state index in [-0.39, 0.29) is 0 Å². The lowest BCUT2D eigenvalue weighted by molar-refractivity contribution is 0.749. The van der Waals surface area contributed by atoms with Crippen LogP contribution in [0.3, 0.4) is 0 Å². The standard InChI is InChI=1S/C67H44N2/c1-3-19-45(20-4-1)46-37-39-48(40-38-46)53-26-9-14-34-63(53)68(62-33-13-8-25-52(62)47-21-5-2-6-22-47)51-24-17-23-49(43-51)50-41-42-55-54-27-7-11-30-58(54)67(61(55)44-50)59-31-12-16-36-65(59)69-64-35-15-10-28-56(64)57-29-18-32-60(67)66(57)69/h1-44H. The molecule has 11 aromatic carbocycles. The summed E-state index contributed by atoms with van der Waals surface area (Å²) in [6.45, 7) is 0. The van der Waals surface area contributed by atoms with Crippen LogP contribution in [0.25, 0.3) is 83.1 Å². The maximum Gasteiger partial charge on any atom is 0.0754 e. The third-order valence-electron chi connectivity index (χ3n) is 14.8. The molecule has 1 spiro atoms. The Bertz CT molecular complexity index is 3960. The Balaban J connectivity index is 0.974. The van der Waals surface area contributed by atoms with E-state index in [1.807, 2.05) is 0 Å². The van der Waals surface area contributed by atoms with Gasteiger partial charge in [0.25, 0.3) is 0 Å². The van der Waals surface area contributed by atoms with Gasteiger partial charge < -0.3 is 9.47 Å². The van der Waals surface area contributed by atoms with E-state index in [0.717, 1.165) is 39.3 Å². The summed E-state index contributed by atoms with van der Waals surface area (Å²) in [5, 5.41) is 2.57. The van der Waals surface area contributed by atoms with Crippen molar-refractivity contribution in [2.75, 3.05) is 4.90 Å². The van der Waals surface area contributed by atoms with Crippen molar-refractivity contribution in [3.63, 3.8) is 0 Å². The molecule has 2 heterocycles. The summed E-state index contributed by atoms with van der Waals surface area (Å²) in [5.41, 5.74) is 23.8. The van der Waals surface area contributed by atoms with Crippen LogP contribution >= 0.6 is 0 Å². The van der Waals surface area contributed by atoms with Crippen LogP contribution < -0.4 is 4.90 Å². The molecule has 1 aromatic heterocycles. The monoisotopic (exact) mass is 876 g/mol. The summed E-state index contributed by atoms with van der Waals surface area (Å²) in [6.07, 6.45) is 0. The largest absolute Gasteiger partial charge is 0.309 e. The minimum absolute atomic E-state index is 0.532. The fraction of sp³-hybridized carbons (Fsp3) is 0.0149. The summed E-state index contributed by atoms with van der Waals surface area (Å²) in [5.74, 6) is 0. The van der Waals surface area contributed by atoms with Gasteiger partial charge in [0.2, 0.25) is 0 Å². The molecular formula is C67H44N2. The van der Waals surface area contributed by atoms with Gasteiger partial charge in [0, 0.05) is 27.6 Å². The number of para-hydroxylation sites is 5. The summed E-state index contributed by atoms with van der Waals surface area (Å²) in [6, 6.07) is 98.6. The molecule has 0 radical (unpaired) electrons. The van der Waals surface area contributed by atoms with E-state index >= 15 is 0 Å². The molecule has 1 aliphatic heterocycles. The van der Waals surface area contributed by atoms with Crippen molar-refractivity contribution in [2.24, 2.45) is 0 Å². The molecule has 1 unspecified atom stereocenters. The Hall–Kier alpha value is -8.98. The molecular weight excluding hydrogens is 833 g/mol. The average Bonchev–Trinajstić information content (AvgIpc) is 3.92. The molecule has 0 fully saturated rings. The highest BCUT2D eigenvalue weighted by atomic mass is 15.1. The van der Waals surface area contributed by atoms with Crippen molar-refractivity contribution < 1.29 is 0 Å². The lowest BCUT2D eigenvalue weighted by Gasteiger charge is -2.39. The van der Waals surface area contributed by atoms with Gasteiger partial charge in [0.05, 0.1) is 33.5 Å². The second-order valence-corrected chi connectivity index (χ2v) is 18.4. The molecule has 2 nitrogen and oxygen atoms in total. The zero-order valence-corrected chi connectivity index (χ0v) is 37.8. The van der Waals surface area contributed by atoms with Gasteiger partial charge in [-0.05, 0) is 109 Å². The molecule has 0 N–H and O–H groups in total. The van der Waals surface area contributed by atoms with E-state index in [1.54, 1.807) is 0 Å². The first kappa shape index (κ1) is 39.2. The molecule has 1 atom stereocenters. The first-order valence-corrected chi connectivity index (χ1v) is 23.9. The Kier molecular flexibility index (Phi) is 8.84. The lowest BCUT2D eigenvalue weighted by Crippen LogP contribution is -2.33. The summed E-state index contributed by atoms with van der Waals surface area (Å²) in [4.78, 5) is 2.47. The van der Waals surface area contributed by atoms with Gasteiger partial charge in [-0.25, -0.2) is 0 Å². The molecule has 322 valence electrons. The van der Waals surface area contributed by atoms with Crippen LogP contribution in [-0.4, -0.2) is 4.57 Å². The van der Waals surface area contributed by atoms with Gasteiger partial charge in [-0.3, -0.25) is 0 Å². The van der Waals surface area contributed by atoms with Crippen LogP contribution in [0.2, 0.25) is 0 Å². The molecule has 12 aromatic rings. The number of aromatic nitrogens is 1. The number of benzene rings is 11. The molecule has 69 heavy (non-hydrogen) atoms. The van der Waals surface area contributed by atoms with Crippen LogP contribution in [0.1, 0.15) is 22.3 Å². The van der Waals surface area contributed by atoms with E-state index in [4.69, 9.17) is 0 Å². The van der Waals surface area contributed by atoms with Gasteiger partial charge in [-0.15, -0.1) is 0 Å². The molecule has 0 amide bonds. The van der Waals surface area contributed by atoms with Crippen LogP contribution in [0.4, 0.5) is 17.1 Å². The van der Waals surface area contributed by atoms with Crippen molar-refractivity contribution in [3.8, 4) is 61.3 Å². The zero-order chi connectivity index (χ0) is 45.5. The first-order valence-electron chi connectivity index (χ1n) is 23.9. The number of fused-ring (bicyclic) bond motifs is 12. The number of nitrogens with zero attached hydrogens (tertiary/aromatic N) is 2. The van der Waals surface area contributed by atoms with Crippen molar-refractivity contribution in [1.29, 1.82) is 0 Å². The number of rotatable bonds is 7. The third-order valence-corrected chi connectivity index (χ3v) is 14.8. The Morgan fingerprint density at radius 2 is 0.783 bits per heavy atom. The summed E-state index contributed by atoms with van der Waals surface area (Å²) < 4.78 is 2.52. The van der Waals surface area contributed by atoms with E-state index < -0.39 is 5.41 Å². The van der Waals surface area contributed by atoms with Crippen molar-refractivity contribution in [2.45, 2.75) is 5.41 Å². The van der Waals surface area contributed by atoms with Crippen LogP contribution in [0.15, 0.2) is 267 Å². The van der Waals surface area contributed by atoms with Crippen LogP contribution in [-0.2, 0) is 5.41 Å². The van der Waals surface area contributed by atoms with E-state index in [0.29, 0.717) is 0 Å². The Morgan fingerprint density at radius 3 is 1.55 bits per heavy atom. The van der Waals surface area contributed by atoms with Crippen molar-refractivity contribution in [3.05, 3.63) is 289 Å². The summed E-state index contributed by atoms with van der Waals surface area (Å²) >= 11 is 0. The van der Waals surface area contributed by atoms with Crippen LogP contribution in [0, 0.1) is 0 Å². The molecule has 2 heteroatoms. The van der Waals surface area contributed by atoms with Gasteiger partial charge in [-0.1, -0.05) is 224 Å². The van der Waals surface area contributed by atoms with E-state index in [1.165, 1.54) is 83.1 Å². The highest BCUT2D eigenvalue weighted by molar-refractivity contribution is 6.13. The highest BCUT2D eigenvalue weighted by Crippen LogP contribution is 2.61. The SMILES string of the molecule is c1ccc(-c2ccc(-c3ccccc3N(c3cccc(-c4ccc5c(c4)C4(c6ccccc6-5)c5ccccc5-n5c6ccccc6c6cccc4c65)c3)c3ccccc3-c3ccccc3)cc2)cc1. The van der Waals surface area contributed by atoms with Crippen molar-refractivity contribution in [1.82, 2.24) is 4.57 Å². The topological polar surface area (TPSA) is 8.17 Å². The van der Waals surface area contributed by atoms with Gasteiger partial charge in [-0.2, -0.15) is 0 Å². The predicted molar refractivity (Wildman–Crippen MR) is 288 cm³/mol. The Morgan fingerprint density at radius 1 is 0.290 bits per heavy atom. The molecule has 2 aliphatic rings. The fourth-order valence-electron chi connectivity index (χ4n) is 11.9.